The van der Waals surface area contributed by atoms with E-state index in [0.717, 1.165) is 0 Å². The Balaban J connectivity index is 0.00000220. The predicted molar refractivity (Wildman–Crippen MR) is 78.2 cm³/mol. The Kier molecular flexibility index (Phi) is 6.59. The molecule has 2 rings (SSSR count). The Hall–Kier alpha value is -0.690. The van der Waals surface area contributed by atoms with Crippen LogP contribution < -0.4 is 5.32 Å². The van der Waals surface area contributed by atoms with Crippen LogP contribution in [0.1, 0.15) is 18.0 Å². The van der Waals surface area contributed by atoms with E-state index in [-0.39, 0.29) is 28.7 Å². The lowest BCUT2D eigenvalue weighted by atomic mass is 9.99. The van der Waals surface area contributed by atoms with Gasteiger partial charge in [0, 0.05) is 37.8 Å². The molecule has 1 saturated heterocycles. The van der Waals surface area contributed by atoms with Crippen LogP contribution in [0.25, 0.3) is 0 Å². The summed E-state index contributed by atoms with van der Waals surface area (Å²) >= 11 is 5.81. The quantitative estimate of drug-likeness (QED) is 0.882. The molecular formula is C13H17Cl2F3N2O. The average Bonchev–Trinajstić information content (AvgIpc) is 2.40. The van der Waals surface area contributed by atoms with E-state index in [2.05, 4.69) is 5.32 Å². The highest BCUT2D eigenvalue weighted by Gasteiger charge is 2.37. The first-order valence-corrected chi connectivity index (χ1v) is 6.75. The number of para-hydroxylation sites is 1. The third kappa shape index (κ3) is 4.92. The lowest BCUT2D eigenvalue weighted by Crippen LogP contribution is -2.46. The van der Waals surface area contributed by atoms with Gasteiger partial charge in [-0.05, 0) is 6.07 Å². The van der Waals surface area contributed by atoms with Crippen LogP contribution in [0.4, 0.5) is 13.2 Å². The summed E-state index contributed by atoms with van der Waals surface area (Å²) in [6.07, 6.45) is -5.30. The summed E-state index contributed by atoms with van der Waals surface area (Å²) < 4.78 is 38.5. The third-order valence-corrected chi connectivity index (χ3v) is 3.70. The number of benzene rings is 1. The summed E-state index contributed by atoms with van der Waals surface area (Å²) in [7, 11) is 0. The Labute approximate surface area is 132 Å². The van der Waals surface area contributed by atoms with E-state index in [1.807, 2.05) is 0 Å². The Bertz CT molecular complexity index is 465. The van der Waals surface area contributed by atoms with Gasteiger partial charge in [-0.15, -0.1) is 12.4 Å². The summed E-state index contributed by atoms with van der Waals surface area (Å²) in [4.78, 5) is 1.73. The molecule has 0 bridgehead atoms. The second kappa shape index (κ2) is 7.54. The lowest BCUT2D eigenvalue weighted by Gasteiger charge is -2.36. The smallest absolute Gasteiger partial charge is 0.390 e. The van der Waals surface area contributed by atoms with Crippen LogP contribution in [-0.4, -0.2) is 42.4 Å². The fourth-order valence-electron chi connectivity index (χ4n) is 2.45. The fraction of sp³-hybridized carbons (Fsp3) is 0.538. The van der Waals surface area contributed by atoms with E-state index in [9.17, 15) is 18.3 Å². The molecule has 1 aliphatic rings. The number of alkyl halides is 3. The Morgan fingerprint density at radius 3 is 2.48 bits per heavy atom. The number of phenolic OH excluding ortho intramolecular Hbond substituents is 1. The second-order valence-electron chi connectivity index (χ2n) is 4.80. The van der Waals surface area contributed by atoms with Crippen LogP contribution in [0.5, 0.6) is 5.75 Å². The fourth-order valence-corrected chi connectivity index (χ4v) is 2.63. The zero-order valence-electron chi connectivity index (χ0n) is 11.2. The van der Waals surface area contributed by atoms with Gasteiger partial charge in [-0.2, -0.15) is 13.2 Å². The molecule has 120 valence electrons. The molecule has 0 aromatic heterocycles. The Morgan fingerprint density at radius 2 is 1.90 bits per heavy atom. The van der Waals surface area contributed by atoms with E-state index < -0.39 is 18.6 Å². The first-order chi connectivity index (χ1) is 9.38. The van der Waals surface area contributed by atoms with Crippen molar-refractivity contribution in [2.24, 2.45) is 0 Å². The number of aromatic hydroxyl groups is 1. The van der Waals surface area contributed by atoms with Crippen molar-refractivity contribution < 1.29 is 18.3 Å². The molecular weight excluding hydrogens is 328 g/mol. The normalized spacial score (nSPS) is 18.1. The summed E-state index contributed by atoms with van der Waals surface area (Å²) in [5.41, 5.74) is 0.233. The van der Waals surface area contributed by atoms with Gasteiger partial charge in [0.05, 0.1) is 11.4 Å². The number of phenols is 1. The van der Waals surface area contributed by atoms with Crippen molar-refractivity contribution in [3.8, 4) is 5.75 Å². The summed E-state index contributed by atoms with van der Waals surface area (Å²) in [5.74, 6) is -0.262. The van der Waals surface area contributed by atoms with Crippen molar-refractivity contribution in [2.75, 3.05) is 26.2 Å². The van der Waals surface area contributed by atoms with Crippen LogP contribution in [0.2, 0.25) is 5.02 Å². The average molecular weight is 345 g/mol. The van der Waals surface area contributed by atoms with Gasteiger partial charge in [0.1, 0.15) is 5.75 Å². The zero-order valence-corrected chi connectivity index (χ0v) is 12.7. The highest BCUT2D eigenvalue weighted by molar-refractivity contribution is 6.32. The second-order valence-corrected chi connectivity index (χ2v) is 5.21. The number of nitrogens with zero attached hydrogens (tertiary/aromatic N) is 1. The van der Waals surface area contributed by atoms with Crippen molar-refractivity contribution in [1.29, 1.82) is 0 Å². The molecule has 0 aliphatic carbocycles. The number of rotatable bonds is 3. The molecule has 0 spiro atoms. The van der Waals surface area contributed by atoms with Crippen LogP contribution in [0.15, 0.2) is 18.2 Å². The molecule has 1 fully saturated rings. The van der Waals surface area contributed by atoms with Crippen molar-refractivity contribution >= 4 is 24.0 Å². The van der Waals surface area contributed by atoms with Crippen molar-refractivity contribution in [2.45, 2.75) is 18.6 Å². The first-order valence-electron chi connectivity index (χ1n) is 6.37. The minimum atomic E-state index is -4.30. The topological polar surface area (TPSA) is 35.5 Å². The van der Waals surface area contributed by atoms with E-state index in [0.29, 0.717) is 26.2 Å². The maximum absolute atomic E-state index is 12.8. The van der Waals surface area contributed by atoms with Crippen LogP contribution in [-0.2, 0) is 0 Å². The molecule has 1 atom stereocenters. The summed E-state index contributed by atoms with van der Waals surface area (Å²) in [5, 5.41) is 13.1. The van der Waals surface area contributed by atoms with Gasteiger partial charge in [0.2, 0.25) is 0 Å². The van der Waals surface area contributed by atoms with Crippen LogP contribution in [0, 0.1) is 0 Å². The maximum Gasteiger partial charge on any atom is 0.390 e. The van der Waals surface area contributed by atoms with E-state index in [1.54, 1.807) is 11.0 Å². The monoisotopic (exact) mass is 344 g/mol. The molecule has 1 aromatic rings. The highest BCUT2D eigenvalue weighted by Crippen LogP contribution is 2.40. The Morgan fingerprint density at radius 1 is 1.29 bits per heavy atom. The largest absolute Gasteiger partial charge is 0.506 e. The number of hydrogen-bond acceptors (Lipinski definition) is 3. The molecule has 21 heavy (non-hydrogen) atoms. The van der Waals surface area contributed by atoms with Gasteiger partial charge in [0.25, 0.3) is 0 Å². The SMILES string of the molecule is Cl.Oc1c(Cl)cccc1[C@@H](CC(F)(F)F)N1CCNCC1. The lowest BCUT2D eigenvalue weighted by molar-refractivity contribution is -0.148. The van der Waals surface area contributed by atoms with Gasteiger partial charge in [-0.3, -0.25) is 4.90 Å². The molecule has 1 aromatic carbocycles. The predicted octanol–water partition coefficient (Wildman–Crippen LogP) is 3.37. The van der Waals surface area contributed by atoms with Crippen molar-refractivity contribution in [3.05, 3.63) is 28.8 Å². The zero-order chi connectivity index (χ0) is 14.8. The van der Waals surface area contributed by atoms with Gasteiger partial charge in [-0.25, -0.2) is 0 Å². The van der Waals surface area contributed by atoms with Gasteiger partial charge in [0.15, 0.2) is 0 Å². The molecule has 0 unspecified atom stereocenters. The minimum absolute atomic E-state index is 0. The van der Waals surface area contributed by atoms with Gasteiger partial charge < -0.3 is 10.4 Å². The third-order valence-electron chi connectivity index (χ3n) is 3.39. The highest BCUT2D eigenvalue weighted by atomic mass is 35.5. The van der Waals surface area contributed by atoms with Crippen molar-refractivity contribution in [1.82, 2.24) is 10.2 Å². The molecule has 0 amide bonds. The van der Waals surface area contributed by atoms with Gasteiger partial charge >= 0.3 is 6.18 Å². The number of nitrogens with one attached hydrogen (secondary N) is 1. The molecule has 8 heteroatoms. The van der Waals surface area contributed by atoms with E-state index in [1.165, 1.54) is 12.1 Å². The molecule has 1 aliphatic heterocycles. The van der Waals surface area contributed by atoms with Crippen molar-refractivity contribution in [3.63, 3.8) is 0 Å². The molecule has 0 saturated carbocycles. The number of hydrogen-bond donors (Lipinski definition) is 2. The number of halogens is 5. The maximum atomic E-state index is 12.8. The minimum Gasteiger partial charge on any atom is -0.506 e. The first kappa shape index (κ1) is 18.4. The summed E-state index contributed by atoms with van der Waals surface area (Å²) in [6.45, 7) is 2.28. The van der Waals surface area contributed by atoms with Gasteiger partial charge in [-0.1, -0.05) is 23.7 Å². The number of piperazine rings is 1. The van der Waals surface area contributed by atoms with E-state index in [4.69, 9.17) is 11.6 Å². The molecule has 3 nitrogen and oxygen atoms in total. The molecule has 1 heterocycles. The van der Waals surface area contributed by atoms with E-state index >= 15 is 0 Å². The molecule has 2 N–H and O–H groups in total. The van der Waals surface area contributed by atoms with Crippen LogP contribution >= 0.6 is 24.0 Å². The van der Waals surface area contributed by atoms with Crippen LogP contribution in [0.3, 0.4) is 0 Å². The molecule has 0 radical (unpaired) electrons. The summed E-state index contributed by atoms with van der Waals surface area (Å²) in [6, 6.07) is 3.61. The standard InChI is InChI=1S/C13H16ClF3N2O.ClH/c14-10-3-1-2-9(12(10)20)11(8-13(15,16)17)19-6-4-18-5-7-19;/h1-3,11,18,20H,4-8H2;1H/t11-;/m1./s1.